The smallest absolute Gasteiger partial charge is 0.229 e. The van der Waals surface area contributed by atoms with Crippen molar-refractivity contribution in [1.29, 1.82) is 0 Å². The maximum atomic E-state index is 13.0. The van der Waals surface area contributed by atoms with Crippen LogP contribution in [0.4, 0.5) is 0 Å². The Morgan fingerprint density at radius 2 is 1.96 bits per heavy atom. The minimum atomic E-state index is -0.773. The third-order valence-electron chi connectivity index (χ3n) is 6.91. The van der Waals surface area contributed by atoms with Gasteiger partial charge in [-0.1, -0.05) is 40.2 Å². The molecule has 0 saturated heterocycles. The third kappa shape index (κ3) is 2.68. The summed E-state index contributed by atoms with van der Waals surface area (Å²) < 4.78 is 5.95. The van der Waals surface area contributed by atoms with Gasteiger partial charge in [0.05, 0.1) is 12.0 Å². The number of benzene rings is 1. The Kier molecular flexibility index (Phi) is 4.67. The Morgan fingerprint density at radius 1 is 1.26 bits per heavy atom. The van der Waals surface area contributed by atoms with E-state index in [9.17, 15) is 9.59 Å². The maximum absolute atomic E-state index is 13.0. The Labute approximate surface area is 167 Å². The quantitative estimate of drug-likeness (QED) is 0.649. The van der Waals surface area contributed by atoms with Crippen LogP contribution in [-0.2, 0) is 19.7 Å². The maximum Gasteiger partial charge on any atom is 0.229 e. The molecule has 144 valence electrons. The lowest BCUT2D eigenvalue weighted by atomic mass is 9.63. The lowest BCUT2D eigenvalue weighted by molar-refractivity contribution is -0.128. The Bertz CT molecular complexity index is 787. The van der Waals surface area contributed by atoms with Gasteiger partial charge < -0.3 is 15.8 Å². The first-order chi connectivity index (χ1) is 13.0. The highest BCUT2D eigenvalue weighted by Crippen LogP contribution is 2.75. The highest BCUT2D eigenvalue weighted by Gasteiger charge is 2.74. The van der Waals surface area contributed by atoms with Gasteiger partial charge in [-0.15, -0.1) is 0 Å². The van der Waals surface area contributed by atoms with E-state index < -0.39 is 5.41 Å². The second-order valence-corrected chi connectivity index (χ2v) is 8.93. The highest BCUT2D eigenvalue weighted by atomic mass is 79.9. The molecule has 0 radical (unpaired) electrons. The number of allylic oxidation sites excluding steroid dienone is 2. The van der Waals surface area contributed by atoms with Crippen molar-refractivity contribution >= 4 is 27.7 Å². The second-order valence-electron chi connectivity index (χ2n) is 8.02. The number of ether oxygens (including phenoxy) is 1. The van der Waals surface area contributed by atoms with Gasteiger partial charge in [-0.3, -0.25) is 9.59 Å². The van der Waals surface area contributed by atoms with E-state index in [-0.39, 0.29) is 35.0 Å². The average molecular weight is 433 g/mol. The van der Waals surface area contributed by atoms with Crippen LogP contribution in [0.5, 0.6) is 0 Å². The van der Waals surface area contributed by atoms with Crippen LogP contribution in [0.15, 0.2) is 40.9 Å². The molecule has 0 aliphatic heterocycles. The Morgan fingerprint density at radius 3 is 2.56 bits per heavy atom. The number of nitrogens with one attached hydrogen (secondary N) is 1. The summed E-state index contributed by atoms with van der Waals surface area (Å²) in [5.74, 6) is 0.0165. The number of carbonyl (C=O) groups is 2. The number of nitrogens with two attached hydrogens (primary N) is 1. The van der Waals surface area contributed by atoms with Crippen molar-refractivity contribution in [3.05, 3.63) is 46.5 Å². The SMILES string of the molecule is COCCC(=O)NC[C@@H]1[C@H]2C=C[C@@H](C23CC3)[C@]1(C(N)=O)c1ccc(Br)cc1. The topological polar surface area (TPSA) is 81.4 Å². The monoisotopic (exact) mass is 432 g/mol. The lowest BCUT2D eigenvalue weighted by Gasteiger charge is -2.40. The summed E-state index contributed by atoms with van der Waals surface area (Å²) >= 11 is 3.47. The van der Waals surface area contributed by atoms with Crippen molar-refractivity contribution in [2.75, 3.05) is 20.3 Å². The van der Waals surface area contributed by atoms with Gasteiger partial charge in [0, 0.05) is 36.4 Å². The molecular formula is C21H25BrN2O3. The molecule has 27 heavy (non-hydrogen) atoms. The Hall–Kier alpha value is -1.66. The zero-order valence-electron chi connectivity index (χ0n) is 15.4. The summed E-state index contributed by atoms with van der Waals surface area (Å²) in [4.78, 5) is 25.2. The van der Waals surface area contributed by atoms with Crippen LogP contribution in [0.3, 0.4) is 0 Å². The van der Waals surface area contributed by atoms with Crippen LogP contribution in [0.1, 0.15) is 24.8 Å². The van der Waals surface area contributed by atoms with E-state index in [0.717, 1.165) is 22.9 Å². The first-order valence-corrected chi connectivity index (χ1v) is 10.3. The van der Waals surface area contributed by atoms with Crippen LogP contribution in [0.25, 0.3) is 0 Å². The largest absolute Gasteiger partial charge is 0.384 e. The van der Waals surface area contributed by atoms with Crippen molar-refractivity contribution in [3.63, 3.8) is 0 Å². The van der Waals surface area contributed by atoms with Crippen molar-refractivity contribution in [2.24, 2.45) is 28.9 Å². The molecule has 3 N–H and O–H groups in total. The van der Waals surface area contributed by atoms with Gasteiger partial charge in [0.1, 0.15) is 0 Å². The number of rotatable bonds is 7. The van der Waals surface area contributed by atoms with Crippen LogP contribution < -0.4 is 11.1 Å². The number of hydrogen-bond acceptors (Lipinski definition) is 3. The molecule has 0 aromatic heterocycles. The third-order valence-corrected chi connectivity index (χ3v) is 7.44. The molecule has 2 bridgehead atoms. The fourth-order valence-corrected chi connectivity index (χ4v) is 5.92. The van der Waals surface area contributed by atoms with Gasteiger partial charge in [0.2, 0.25) is 11.8 Å². The number of hydrogen-bond donors (Lipinski definition) is 2. The molecule has 0 unspecified atom stereocenters. The van der Waals surface area contributed by atoms with Crippen LogP contribution >= 0.6 is 15.9 Å². The molecule has 3 aliphatic rings. The zero-order chi connectivity index (χ0) is 19.2. The number of primary amides is 1. The summed E-state index contributed by atoms with van der Waals surface area (Å²) in [6.07, 6.45) is 7.02. The molecule has 1 spiro atoms. The van der Waals surface area contributed by atoms with Gasteiger partial charge in [-0.05, 0) is 41.9 Å². The van der Waals surface area contributed by atoms with E-state index in [1.165, 1.54) is 0 Å². The van der Waals surface area contributed by atoms with Crippen molar-refractivity contribution in [3.8, 4) is 0 Å². The van der Waals surface area contributed by atoms with E-state index in [1.807, 2.05) is 24.3 Å². The summed E-state index contributed by atoms with van der Waals surface area (Å²) in [6.45, 7) is 0.842. The molecule has 5 nitrogen and oxygen atoms in total. The van der Waals surface area contributed by atoms with Crippen LogP contribution in [0.2, 0.25) is 0 Å². The number of carbonyl (C=O) groups excluding carboxylic acids is 2. The fourth-order valence-electron chi connectivity index (χ4n) is 5.66. The molecule has 3 aliphatic carbocycles. The molecule has 2 saturated carbocycles. The van der Waals surface area contributed by atoms with E-state index in [2.05, 4.69) is 33.4 Å². The average Bonchev–Trinajstić information content (AvgIpc) is 3.32. The number of amides is 2. The Balaban J connectivity index is 1.70. The standard InChI is InChI=1S/C21H25BrN2O3/c1-27-11-8-18(25)24-12-16-15-6-7-17(20(15)9-10-20)21(16,19(23)26)13-2-4-14(22)5-3-13/h2-7,15-17H,8-12H2,1H3,(H2,23,26)(H,24,25)/t15-,16-,17+,21+/m1/s1. The second kappa shape index (κ2) is 6.74. The molecule has 1 aromatic carbocycles. The summed E-state index contributed by atoms with van der Waals surface area (Å²) in [5, 5.41) is 3.03. The fraction of sp³-hybridized carbons (Fsp3) is 0.524. The minimum absolute atomic E-state index is 0.0276. The molecule has 0 heterocycles. The van der Waals surface area contributed by atoms with E-state index in [4.69, 9.17) is 10.5 Å². The van der Waals surface area contributed by atoms with Gasteiger partial charge in [-0.25, -0.2) is 0 Å². The van der Waals surface area contributed by atoms with Crippen LogP contribution in [-0.4, -0.2) is 32.1 Å². The van der Waals surface area contributed by atoms with E-state index in [0.29, 0.717) is 19.6 Å². The summed E-state index contributed by atoms with van der Waals surface area (Å²) in [6, 6.07) is 7.92. The molecule has 1 aromatic rings. The van der Waals surface area contributed by atoms with Gasteiger partial charge in [-0.2, -0.15) is 0 Å². The lowest BCUT2D eigenvalue weighted by Crippen LogP contribution is -2.53. The number of methoxy groups -OCH3 is 1. The van der Waals surface area contributed by atoms with Crippen LogP contribution in [0, 0.1) is 23.2 Å². The van der Waals surface area contributed by atoms with E-state index in [1.54, 1.807) is 7.11 Å². The molecule has 4 rings (SSSR count). The summed E-state index contributed by atoms with van der Waals surface area (Å²) in [7, 11) is 1.58. The number of halogens is 1. The molecule has 6 heteroatoms. The predicted molar refractivity (Wildman–Crippen MR) is 106 cm³/mol. The molecular weight excluding hydrogens is 408 g/mol. The van der Waals surface area contributed by atoms with E-state index >= 15 is 0 Å². The molecule has 2 amide bonds. The predicted octanol–water partition coefficient (Wildman–Crippen LogP) is 2.54. The van der Waals surface area contributed by atoms with Gasteiger partial charge in [0.15, 0.2) is 0 Å². The normalized spacial score (nSPS) is 32.0. The van der Waals surface area contributed by atoms with Gasteiger partial charge >= 0.3 is 0 Å². The minimum Gasteiger partial charge on any atom is -0.384 e. The van der Waals surface area contributed by atoms with Crippen molar-refractivity contribution < 1.29 is 14.3 Å². The van der Waals surface area contributed by atoms with Crippen molar-refractivity contribution in [1.82, 2.24) is 5.32 Å². The van der Waals surface area contributed by atoms with Gasteiger partial charge in [0.25, 0.3) is 0 Å². The summed E-state index contributed by atoms with van der Waals surface area (Å²) in [5.41, 5.74) is 6.42. The molecule has 2 fully saturated rings. The first-order valence-electron chi connectivity index (χ1n) is 9.46. The highest BCUT2D eigenvalue weighted by molar-refractivity contribution is 9.10. The molecule has 4 atom stereocenters. The first kappa shape index (κ1) is 18.7. The zero-order valence-corrected chi connectivity index (χ0v) is 17.0. The van der Waals surface area contributed by atoms with Crippen molar-refractivity contribution in [2.45, 2.75) is 24.7 Å².